The van der Waals surface area contributed by atoms with Gasteiger partial charge in [0.25, 0.3) is 0 Å². The standard InChI is InChI=1S/C25H26O7/c1-12(2)5-6-14-17(26)10-19-21(23(14)29)24(30)16(11-31-19)13-7-8-18-15(22(13)28)9-20(27)25(3,4)32-18/h5,7-8,10-11,20,26-29H,6,9H2,1-4H3/t20-/m1/s1. The molecule has 0 unspecified atom stereocenters. The summed E-state index contributed by atoms with van der Waals surface area (Å²) in [6.07, 6.45) is 2.58. The molecule has 4 rings (SSSR count). The van der Waals surface area contributed by atoms with Crippen LogP contribution in [0.5, 0.6) is 23.0 Å². The minimum Gasteiger partial charge on any atom is -0.507 e. The molecule has 3 aromatic rings. The highest BCUT2D eigenvalue weighted by Gasteiger charge is 2.37. The van der Waals surface area contributed by atoms with Gasteiger partial charge in [0.2, 0.25) is 5.43 Å². The van der Waals surface area contributed by atoms with Crippen molar-refractivity contribution >= 4 is 11.0 Å². The normalized spacial score (nSPS) is 17.0. The Morgan fingerprint density at radius 1 is 1.16 bits per heavy atom. The summed E-state index contributed by atoms with van der Waals surface area (Å²) in [4.78, 5) is 13.3. The molecular formula is C25H26O7. The third-order valence-electron chi connectivity index (χ3n) is 5.94. The van der Waals surface area contributed by atoms with Crippen LogP contribution in [0, 0.1) is 0 Å². The summed E-state index contributed by atoms with van der Waals surface area (Å²) in [6, 6.07) is 4.48. The number of fused-ring (bicyclic) bond motifs is 2. The predicted molar refractivity (Wildman–Crippen MR) is 120 cm³/mol. The number of aliphatic hydroxyl groups excluding tert-OH is 1. The molecule has 0 spiro atoms. The SMILES string of the molecule is CC(C)=CCc1c(O)cc2occ(-c3ccc4c(c3O)C[C@@H](O)C(C)(C)O4)c(=O)c2c1O. The highest BCUT2D eigenvalue weighted by molar-refractivity contribution is 5.90. The third kappa shape index (κ3) is 3.48. The quantitative estimate of drug-likeness (QED) is 0.453. The number of rotatable bonds is 3. The molecule has 2 aromatic carbocycles. The van der Waals surface area contributed by atoms with Crippen molar-refractivity contribution in [1.29, 1.82) is 0 Å². The van der Waals surface area contributed by atoms with Crippen LogP contribution in [0.25, 0.3) is 22.1 Å². The zero-order valence-corrected chi connectivity index (χ0v) is 18.4. The highest BCUT2D eigenvalue weighted by Crippen LogP contribution is 2.43. The Hall–Kier alpha value is -3.45. The Morgan fingerprint density at radius 2 is 1.88 bits per heavy atom. The van der Waals surface area contributed by atoms with Crippen LogP contribution in [-0.2, 0) is 12.8 Å². The van der Waals surface area contributed by atoms with E-state index in [2.05, 4.69) is 0 Å². The maximum absolute atomic E-state index is 13.3. The van der Waals surface area contributed by atoms with Crippen LogP contribution in [0.15, 0.2) is 45.3 Å². The van der Waals surface area contributed by atoms with E-state index in [9.17, 15) is 25.2 Å². The van der Waals surface area contributed by atoms with E-state index >= 15 is 0 Å². The molecule has 1 aliphatic rings. The summed E-state index contributed by atoms with van der Waals surface area (Å²) in [5, 5.41) is 42.3. The van der Waals surface area contributed by atoms with Crippen molar-refractivity contribution < 1.29 is 29.6 Å². The lowest BCUT2D eigenvalue weighted by molar-refractivity contribution is -0.0416. The molecule has 1 aliphatic heterocycles. The van der Waals surface area contributed by atoms with Gasteiger partial charge in [-0.3, -0.25) is 4.79 Å². The number of phenols is 3. The van der Waals surface area contributed by atoms with Gasteiger partial charge in [-0.2, -0.15) is 0 Å². The van der Waals surface area contributed by atoms with Crippen LogP contribution in [-0.4, -0.2) is 32.1 Å². The summed E-state index contributed by atoms with van der Waals surface area (Å²) in [5.74, 6) is -0.282. The van der Waals surface area contributed by atoms with E-state index in [1.807, 2.05) is 19.9 Å². The number of allylic oxidation sites excluding steroid dienone is 2. The van der Waals surface area contributed by atoms with E-state index in [0.29, 0.717) is 11.3 Å². The van der Waals surface area contributed by atoms with Crippen LogP contribution < -0.4 is 10.2 Å². The van der Waals surface area contributed by atoms with Crippen LogP contribution in [0.1, 0.15) is 38.8 Å². The van der Waals surface area contributed by atoms with Crippen LogP contribution in [0.2, 0.25) is 0 Å². The average molecular weight is 438 g/mol. The predicted octanol–water partition coefficient (Wildman–Crippen LogP) is 4.16. The van der Waals surface area contributed by atoms with Crippen molar-refractivity contribution in [1.82, 2.24) is 0 Å². The lowest BCUT2D eigenvalue weighted by atomic mass is 9.88. The Labute approximate surface area is 184 Å². The van der Waals surface area contributed by atoms with E-state index in [1.54, 1.807) is 26.0 Å². The largest absolute Gasteiger partial charge is 0.507 e. The topological polar surface area (TPSA) is 120 Å². The molecule has 0 amide bonds. The molecule has 32 heavy (non-hydrogen) atoms. The number of ether oxygens (including phenoxy) is 1. The van der Waals surface area contributed by atoms with Gasteiger partial charge in [0.05, 0.1) is 11.7 Å². The summed E-state index contributed by atoms with van der Waals surface area (Å²) < 4.78 is 11.4. The van der Waals surface area contributed by atoms with Gasteiger partial charge in [-0.25, -0.2) is 0 Å². The Bertz CT molecular complexity index is 1310. The smallest absolute Gasteiger partial charge is 0.204 e. The Morgan fingerprint density at radius 3 is 2.56 bits per heavy atom. The second-order valence-corrected chi connectivity index (χ2v) is 8.92. The summed E-state index contributed by atoms with van der Waals surface area (Å²) in [5.41, 5.74) is 0.543. The minimum atomic E-state index is -0.839. The third-order valence-corrected chi connectivity index (χ3v) is 5.94. The zero-order valence-electron chi connectivity index (χ0n) is 18.4. The molecular weight excluding hydrogens is 412 g/mol. The van der Waals surface area contributed by atoms with Crippen LogP contribution in [0.3, 0.4) is 0 Å². The van der Waals surface area contributed by atoms with Gasteiger partial charge in [-0.15, -0.1) is 0 Å². The molecule has 0 saturated heterocycles. The Kier molecular flexibility index (Phi) is 5.17. The molecule has 2 heterocycles. The highest BCUT2D eigenvalue weighted by atomic mass is 16.5. The van der Waals surface area contributed by atoms with Gasteiger partial charge < -0.3 is 29.6 Å². The van der Waals surface area contributed by atoms with Crippen molar-refractivity contribution in [2.45, 2.75) is 52.2 Å². The molecule has 0 fully saturated rings. The van der Waals surface area contributed by atoms with Gasteiger partial charge in [0.1, 0.15) is 45.8 Å². The molecule has 7 heteroatoms. The molecule has 0 bridgehead atoms. The van der Waals surface area contributed by atoms with E-state index < -0.39 is 17.1 Å². The first-order chi connectivity index (χ1) is 15.0. The maximum atomic E-state index is 13.3. The molecule has 1 atom stereocenters. The summed E-state index contributed by atoms with van der Waals surface area (Å²) in [6.45, 7) is 7.30. The number of benzene rings is 2. The second kappa shape index (κ2) is 7.60. The van der Waals surface area contributed by atoms with Gasteiger partial charge in [-0.1, -0.05) is 11.6 Å². The zero-order chi connectivity index (χ0) is 23.4. The monoisotopic (exact) mass is 438 g/mol. The number of phenolic OH excluding ortho intramolecular Hbond substituents is 3. The second-order valence-electron chi connectivity index (χ2n) is 8.92. The van der Waals surface area contributed by atoms with Gasteiger partial charge in [0, 0.05) is 29.2 Å². The average Bonchev–Trinajstić information content (AvgIpc) is 2.70. The van der Waals surface area contributed by atoms with Gasteiger partial charge >= 0.3 is 0 Å². The van der Waals surface area contributed by atoms with E-state index in [4.69, 9.17) is 9.15 Å². The minimum absolute atomic E-state index is 0.0349. The van der Waals surface area contributed by atoms with Gasteiger partial charge in [-0.05, 0) is 46.2 Å². The van der Waals surface area contributed by atoms with Crippen LogP contribution >= 0.6 is 0 Å². The van der Waals surface area contributed by atoms with Gasteiger partial charge in [0.15, 0.2) is 0 Å². The lowest BCUT2D eigenvalue weighted by Crippen LogP contribution is -2.46. The van der Waals surface area contributed by atoms with Crippen molar-refractivity contribution in [3.05, 3.63) is 57.5 Å². The first-order valence-corrected chi connectivity index (χ1v) is 10.4. The maximum Gasteiger partial charge on any atom is 0.204 e. The number of hydrogen-bond acceptors (Lipinski definition) is 7. The van der Waals surface area contributed by atoms with Crippen molar-refractivity contribution in [3.8, 4) is 34.1 Å². The number of hydrogen-bond donors (Lipinski definition) is 4. The molecule has 0 saturated carbocycles. The first kappa shape index (κ1) is 21.8. The molecule has 4 N–H and O–H groups in total. The number of aliphatic hydroxyl groups is 1. The Balaban J connectivity index is 1.90. The molecule has 168 valence electrons. The van der Waals surface area contributed by atoms with Crippen molar-refractivity contribution in [3.63, 3.8) is 0 Å². The summed E-state index contributed by atoms with van der Waals surface area (Å²) >= 11 is 0. The number of aromatic hydroxyl groups is 3. The van der Waals surface area contributed by atoms with Crippen LogP contribution in [0.4, 0.5) is 0 Å². The molecule has 0 aliphatic carbocycles. The first-order valence-electron chi connectivity index (χ1n) is 10.4. The van der Waals surface area contributed by atoms with E-state index in [1.165, 1.54) is 12.3 Å². The van der Waals surface area contributed by atoms with E-state index in [0.717, 1.165) is 5.57 Å². The lowest BCUT2D eigenvalue weighted by Gasteiger charge is -2.37. The molecule has 1 aromatic heterocycles. The molecule has 7 nitrogen and oxygen atoms in total. The fraction of sp³-hybridized carbons (Fsp3) is 0.320. The van der Waals surface area contributed by atoms with Crippen molar-refractivity contribution in [2.24, 2.45) is 0 Å². The fourth-order valence-electron chi connectivity index (χ4n) is 3.91. The van der Waals surface area contributed by atoms with Crippen molar-refractivity contribution in [2.75, 3.05) is 0 Å². The van der Waals surface area contributed by atoms with E-state index in [-0.39, 0.29) is 57.7 Å². The summed E-state index contributed by atoms with van der Waals surface area (Å²) in [7, 11) is 0. The molecule has 0 radical (unpaired) electrons. The fourth-order valence-corrected chi connectivity index (χ4v) is 3.91.